The van der Waals surface area contributed by atoms with Gasteiger partial charge in [-0.15, -0.1) is 0 Å². The molecule has 0 fully saturated rings. The molecule has 2 heterocycles. The van der Waals surface area contributed by atoms with E-state index in [0.717, 1.165) is 5.56 Å². The lowest BCUT2D eigenvalue weighted by molar-refractivity contribution is 0.0848. The van der Waals surface area contributed by atoms with E-state index < -0.39 is 0 Å². The van der Waals surface area contributed by atoms with Gasteiger partial charge in [0.2, 0.25) is 5.95 Å². The van der Waals surface area contributed by atoms with E-state index in [1.165, 1.54) is 13.3 Å². The van der Waals surface area contributed by atoms with Crippen LogP contribution in [0.4, 0.5) is 5.82 Å². The number of benzene rings is 1. The first-order chi connectivity index (χ1) is 14.1. The maximum absolute atomic E-state index is 12.4. The molecule has 3 rings (SSSR count). The number of aliphatic hydroxyl groups is 1. The summed E-state index contributed by atoms with van der Waals surface area (Å²) in [7, 11) is 3.00. The van der Waals surface area contributed by atoms with Crippen LogP contribution in [0.25, 0.3) is 5.95 Å². The predicted molar refractivity (Wildman–Crippen MR) is 109 cm³/mol. The Morgan fingerprint density at radius 3 is 2.83 bits per heavy atom. The number of nitrogens with zero attached hydrogens (tertiary/aromatic N) is 3. The first-order valence-electron chi connectivity index (χ1n) is 8.80. The van der Waals surface area contributed by atoms with Crippen molar-refractivity contribution >= 4 is 23.2 Å². The molecular weight excluding hydrogens is 396 g/mol. The number of halogens is 1. The van der Waals surface area contributed by atoms with Gasteiger partial charge < -0.3 is 19.9 Å². The highest BCUT2D eigenvalue weighted by atomic mass is 35.5. The number of rotatable bonds is 9. The lowest BCUT2D eigenvalue weighted by atomic mass is 10.2. The van der Waals surface area contributed by atoms with Gasteiger partial charge in [0.25, 0.3) is 0 Å². The number of aromatic nitrogens is 3. The molecule has 152 valence electrons. The second-order valence-electron chi connectivity index (χ2n) is 6.14. The van der Waals surface area contributed by atoms with Gasteiger partial charge in [-0.1, -0.05) is 17.7 Å². The third-order valence-corrected chi connectivity index (χ3v) is 4.53. The molecule has 9 heteroatoms. The number of hydrogen-bond donors (Lipinski definition) is 2. The van der Waals surface area contributed by atoms with Crippen LogP contribution in [0, 0.1) is 0 Å². The van der Waals surface area contributed by atoms with E-state index >= 15 is 0 Å². The third-order valence-electron chi connectivity index (χ3n) is 4.24. The Bertz CT molecular complexity index is 1010. The minimum absolute atomic E-state index is 0.0862. The molecule has 0 aliphatic heterocycles. The molecule has 0 radical (unpaired) electrons. The zero-order valence-corrected chi connectivity index (χ0v) is 16.8. The summed E-state index contributed by atoms with van der Waals surface area (Å²) in [5.74, 6) is 1.04. The Hall–Kier alpha value is -2.94. The Morgan fingerprint density at radius 2 is 2.14 bits per heavy atom. The molecule has 0 saturated heterocycles. The Labute approximate surface area is 173 Å². The molecule has 0 atom stereocenters. The molecule has 2 aromatic heterocycles. The number of ether oxygens (including phenoxy) is 2. The molecule has 0 aliphatic carbocycles. The topological polar surface area (TPSA) is 98.5 Å². The average molecular weight is 417 g/mol. The van der Waals surface area contributed by atoms with E-state index in [0.29, 0.717) is 40.3 Å². The minimum Gasteiger partial charge on any atom is -0.495 e. The van der Waals surface area contributed by atoms with Crippen LogP contribution in [-0.4, -0.2) is 46.3 Å². The van der Waals surface area contributed by atoms with Crippen LogP contribution in [0.3, 0.4) is 0 Å². The number of Topliss-reactive ketones (excluding diaryl/α,β-unsaturated/α-hetero) is 1. The van der Waals surface area contributed by atoms with Crippen molar-refractivity contribution in [3.05, 3.63) is 64.6 Å². The summed E-state index contributed by atoms with van der Waals surface area (Å²) in [5.41, 5.74) is 1.83. The van der Waals surface area contributed by atoms with Crippen LogP contribution < -0.4 is 10.1 Å². The molecule has 0 aliphatic rings. The van der Waals surface area contributed by atoms with Gasteiger partial charge in [0.15, 0.2) is 5.78 Å². The summed E-state index contributed by atoms with van der Waals surface area (Å²) in [5, 5.41) is 13.1. The minimum atomic E-state index is -0.246. The number of nitrogens with one attached hydrogen (secondary N) is 1. The normalized spacial score (nSPS) is 10.8. The van der Waals surface area contributed by atoms with Gasteiger partial charge in [-0.2, -0.15) is 4.98 Å². The second kappa shape index (κ2) is 9.51. The lowest BCUT2D eigenvalue weighted by Gasteiger charge is -2.13. The van der Waals surface area contributed by atoms with Crippen molar-refractivity contribution in [2.45, 2.75) is 13.2 Å². The van der Waals surface area contributed by atoms with Crippen LogP contribution >= 0.6 is 11.6 Å². The molecule has 8 nitrogen and oxygen atoms in total. The zero-order chi connectivity index (χ0) is 20.8. The molecule has 0 bridgehead atoms. The van der Waals surface area contributed by atoms with Gasteiger partial charge in [0.1, 0.15) is 18.2 Å². The number of aliphatic hydroxyl groups excluding tert-OH is 1. The average Bonchev–Trinajstić information content (AvgIpc) is 3.21. The second-order valence-corrected chi connectivity index (χ2v) is 6.55. The smallest absolute Gasteiger partial charge is 0.235 e. The van der Waals surface area contributed by atoms with Gasteiger partial charge in [-0.05, 0) is 29.8 Å². The number of carbonyl (C=O) groups excluding carboxylic acids is 1. The predicted octanol–water partition coefficient (Wildman–Crippen LogP) is 2.86. The zero-order valence-electron chi connectivity index (χ0n) is 16.1. The maximum Gasteiger partial charge on any atom is 0.235 e. The summed E-state index contributed by atoms with van der Waals surface area (Å²) in [6, 6.07) is 8.97. The molecule has 0 amide bonds. The quantitative estimate of drug-likeness (QED) is 0.517. The van der Waals surface area contributed by atoms with E-state index in [2.05, 4.69) is 15.3 Å². The van der Waals surface area contributed by atoms with Gasteiger partial charge in [-0.3, -0.25) is 9.36 Å². The van der Waals surface area contributed by atoms with Crippen molar-refractivity contribution in [1.29, 1.82) is 0 Å². The fourth-order valence-corrected chi connectivity index (χ4v) is 3.06. The highest BCUT2D eigenvalue weighted by Crippen LogP contribution is 2.25. The first kappa shape index (κ1) is 20.8. The van der Waals surface area contributed by atoms with Crippen LogP contribution in [0.5, 0.6) is 5.75 Å². The van der Waals surface area contributed by atoms with Crippen molar-refractivity contribution in [1.82, 2.24) is 14.5 Å². The van der Waals surface area contributed by atoms with Crippen molar-refractivity contribution in [2.75, 3.05) is 26.1 Å². The number of ketones is 1. The van der Waals surface area contributed by atoms with E-state index in [-0.39, 0.29) is 19.0 Å². The van der Waals surface area contributed by atoms with Crippen molar-refractivity contribution in [2.24, 2.45) is 0 Å². The van der Waals surface area contributed by atoms with E-state index in [1.54, 1.807) is 42.1 Å². The van der Waals surface area contributed by atoms with E-state index in [9.17, 15) is 9.90 Å². The Kier molecular flexibility index (Phi) is 6.82. The SMILES string of the molecule is COCC(=O)c1cnc(-n2cccc2CO)nc1NCc1ccc(OC)c(Cl)c1. The fourth-order valence-electron chi connectivity index (χ4n) is 2.78. The summed E-state index contributed by atoms with van der Waals surface area (Å²) >= 11 is 6.18. The molecule has 3 aromatic rings. The van der Waals surface area contributed by atoms with Crippen LogP contribution in [0.2, 0.25) is 5.02 Å². The molecule has 0 unspecified atom stereocenters. The van der Waals surface area contributed by atoms with Crippen molar-refractivity contribution in [3.63, 3.8) is 0 Å². The largest absolute Gasteiger partial charge is 0.495 e. The van der Waals surface area contributed by atoms with Gasteiger partial charge in [-0.25, -0.2) is 4.98 Å². The summed E-state index contributed by atoms with van der Waals surface area (Å²) in [6.45, 7) is 0.136. The van der Waals surface area contributed by atoms with Gasteiger partial charge in [0.05, 0.1) is 30.0 Å². The first-order valence-corrected chi connectivity index (χ1v) is 9.18. The lowest BCUT2D eigenvalue weighted by Crippen LogP contribution is -2.15. The highest BCUT2D eigenvalue weighted by Gasteiger charge is 2.16. The van der Waals surface area contributed by atoms with Crippen LogP contribution in [0.1, 0.15) is 21.6 Å². The van der Waals surface area contributed by atoms with E-state index in [1.807, 2.05) is 6.07 Å². The van der Waals surface area contributed by atoms with E-state index in [4.69, 9.17) is 21.1 Å². The standard InChI is InChI=1S/C20H21ClN4O4/c1-28-12-17(27)15-10-23-20(25-7-3-4-14(25)11-26)24-19(15)22-9-13-5-6-18(29-2)16(21)8-13/h3-8,10,26H,9,11-12H2,1-2H3,(H,22,23,24). The molecular formula is C20H21ClN4O4. The van der Waals surface area contributed by atoms with Gasteiger partial charge >= 0.3 is 0 Å². The third kappa shape index (κ3) is 4.73. The maximum atomic E-state index is 12.4. The monoisotopic (exact) mass is 416 g/mol. The molecule has 1 aromatic carbocycles. The molecule has 2 N–H and O–H groups in total. The number of anilines is 1. The van der Waals surface area contributed by atoms with Crippen LogP contribution in [-0.2, 0) is 17.9 Å². The highest BCUT2D eigenvalue weighted by molar-refractivity contribution is 6.32. The number of carbonyl (C=O) groups is 1. The Balaban J connectivity index is 1.92. The fraction of sp³-hybridized carbons (Fsp3) is 0.250. The number of hydrogen-bond acceptors (Lipinski definition) is 7. The van der Waals surface area contributed by atoms with Gasteiger partial charge in [0, 0.05) is 26.0 Å². The van der Waals surface area contributed by atoms with Crippen molar-refractivity contribution < 1.29 is 19.4 Å². The summed E-state index contributed by atoms with van der Waals surface area (Å²) in [4.78, 5) is 21.2. The Morgan fingerprint density at radius 1 is 1.31 bits per heavy atom. The molecule has 0 saturated carbocycles. The molecule has 0 spiro atoms. The van der Waals surface area contributed by atoms with Crippen LogP contribution in [0.15, 0.2) is 42.7 Å². The summed E-state index contributed by atoms with van der Waals surface area (Å²) < 4.78 is 11.8. The number of methoxy groups -OCH3 is 2. The summed E-state index contributed by atoms with van der Waals surface area (Å²) in [6.07, 6.45) is 3.19. The van der Waals surface area contributed by atoms with Crippen molar-refractivity contribution in [3.8, 4) is 11.7 Å². The molecule has 29 heavy (non-hydrogen) atoms.